The van der Waals surface area contributed by atoms with Crippen molar-refractivity contribution in [3.05, 3.63) is 45.6 Å². The van der Waals surface area contributed by atoms with Crippen LogP contribution in [-0.2, 0) is 4.79 Å². The van der Waals surface area contributed by atoms with Crippen molar-refractivity contribution >= 4 is 40.8 Å². The Morgan fingerprint density at radius 3 is 2.50 bits per heavy atom. The quantitative estimate of drug-likeness (QED) is 0.869. The molecule has 8 heteroatoms. The van der Waals surface area contributed by atoms with Gasteiger partial charge in [-0.05, 0) is 39.0 Å². The minimum absolute atomic E-state index is 0.122. The van der Waals surface area contributed by atoms with Crippen LogP contribution in [0.25, 0.3) is 0 Å². The largest absolute Gasteiger partial charge is 0.360 e. The van der Waals surface area contributed by atoms with E-state index >= 15 is 0 Å². The van der Waals surface area contributed by atoms with Gasteiger partial charge in [-0.25, -0.2) is 0 Å². The van der Waals surface area contributed by atoms with Gasteiger partial charge in [-0.1, -0.05) is 28.4 Å². The van der Waals surface area contributed by atoms with Crippen molar-refractivity contribution in [2.24, 2.45) is 0 Å². The van der Waals surface area contributed by atoms with E-state index in [1.54, 1.807) is 25.1 Å². The summed E-state index contributed by atoms with van der Waals surface area (Å²) in [6.07, 6.45) is 0. The Morgan fingerprint density at radius 2 is 1.96 bits per heavy atom. The van der Waals surface area contributed by atoms with Crippen molar-refractivity contribution in [3.63, 3.8) is 0 Å². The number of halogens is 2. The van der Waals surface area contributed by atoms with Crippen LogP contribution < -0.4 is 5.32 Å². The third-order valence-corrected chi connectivity index (χ3v) is 4.00. The molecule has 1 N–H and O–H groups in total. The van der Waals surface area contributed by atoms with E-state index in [0.717, 1.165) is 0 Å². The molecule has 0 radical (unpaired) electrons. The van der Waals surface area contributed by atoms with Crippen molar-refractivity contribution < 1.29 is 14.1 Å². The Bertz CT molecular complexity index is 759. The van der Waals surface area contributed by atoms with E-state index in [0.29, 0.717) is 22.2 Å². The predicted molar refractivity (Wildman–Crippen MR) is 92.5 cm³/mol. The topological polar surface area (TPSA) is 75.4 Å². The molecule has 0 spiro atoms. The maximum absolute atomic E-state index is 12.7. The van der Waals surface area contributed by atoms with E-state index in [1.165, 1.54) is 11.0 Å². The number of amides is 2. The van der Waals surface area contributed by atoms with Crippen LogP contribution in [0.4, 0.5) is 5.82 Å². The first-order valence-electron chi connectivity index (χ1n) is 7.27. The SMILES string of the molecule is Cc1cc(NC(=O)CN(C(=O)c2ccc(Cl)c(Cl)c2)C(C)C)no1. The molecular weight excluding hydrogens is 353 g/mol. The standard InChI is InChI=1S/C16H17Cl2N3O3/c1-9(2)21(8-15(22)19-14-6-10(3)24-20-14)16(23)11-4-5-12(17)13(18)7-11/h4-7,9H,8H2,1-3H3,(H,19,20,22). The summed E-state index contributed by atoms with van der Waals surface area (Å²) in [7, 11) is 0. The zero-order valence-electron chi connectivity index (χ0n) is 13.5. The Morgan fingerprint density at radius 1 is 1.25 bits per heavy atom. The molecule has 0 fully saturated rings. The van der Waals surface area contributed by atoms with Crippen LogP contribution in [0.15, 0.2) is 28.8 Å². The van der Waals surface area contributed by atoms with Gasteiger partial charge in [0.1, 0.15) is 12.3 Å². The molecule has 6 nitrogen and oxygen atoms in total. The van der Waals surface area contributed by atoms with Gasteiger partial charge in [0.2, 0.25) is 5.91 Å². The second-order valence-electron chi connectivity index (χ2n) is 5.53. The average molecular weight is 370 g/mol. The van der Waals surface area contributed by atoms with Gasteiger partial charge in [0.25, 0.3) is 5.91 Å². The molecule has 128 valence electrons. The number of hydrogen-bond donors (Lipinski definition) is 1. The van der Waals surface area contributed by atoms with Crippen LogP contribution in [-0.4, -0.2) is 34.5 Å². The normalized spacial score (nSPS) is 10.8. The number of nitrogens with zero attached hydrogens (tertiary/aromatic N) is 2. The number of hydrogen-bond acceptors (Lipinski definition) is 4. The van der Waals surface area contributed by atoms with Gasteiger partial charge in [-0.3, -0.25) is 9.59 Å². The van der Waals surface area contributed by atoms with Crippen LogP contribution >= 0.6 is 23.2 Å². The molecule has 1 aromatic heterocycles. The number of benzene rings is 1. The fraction of sp³-hybridized carbons (Fsp3) is 0.312. The number of aryl methyl sites for hydroxylation is 1. The Labute approximate surface area is 149 Å². The molecule has 0 aliphatic rings. The number of carbonyl (C=O) groups is 2. The van der Waals surface area contributed by atoms with E-state index in [2.05, 4.69) is 10.5 Å². The highest BCUT2D eigenvalue weighted by Gasteiger charge is 2.22. The first-order valence-corrected chi connectivity index (χ1v) is 8.02. The summed E-state index contributed by atoms with van der Waals surface area (Å²) in [5, 5.41) is 6.93. The smallest absolute Gasteiger partial charge is 0.254 e. The van der Waals surface area contributed by atoms with Gasteiger partial charge >= 0.3 is 0 Å². The molecule has 0 aliphatic carbocycles. The molecule has 0 unspecified atom stereocenters. The highest BCUT2D eigenvalue weighted by Crippen LogP contribution is 2.23. The first kappa shape index (κ1) is 18.3. The third kappa shape index (κ3) is 4.49. The van der Waals surface area contributed by atoms with E-state index in [-0.39, 0.29) is 29.4 Å². The average Bonchev–Trinajstić information content (AvgIpc) is 2.91. The van der Waals surface area contributed by atoms with E-state index in [4.69, 9.17) is 27.7 Å². The fourth-order valence-corrected chi connectivity index (χ4v) is 2.34. The molecule has 2 amide bonds. The highest BCUT2D eigenvalue weighted by molar-refractivity contribution is 6.42. The fourth-order valence-electron chi connectivity index (χ4n) is 2.05. The lowest BCUT2D eigenvalue weighted by atomic mass is 10.1. The maximum Gasteiger partial charge on any atom is 0.254 e. The number of rotatable bonds is 5. The van der Waals surface area contributed by atoms with Crippen molar-refractivity contribution in [1.29, 1.82) is 0 Å². The van der Waals surface area contributed by atoms with E-state index < -0.39 is 0 Å². The van der Waals surface area contributed by atoms with Gasteiger partial charge < -0.3 is 14.7 Å². The summed E-state index contributed by atoms with van der Waals surface area (Å²) in [6, 6.07) is 6.02. The van der Waals surface area contributed by atoms with E-state index in [9.17, 15) is 9.59 Å². The molecule has 24 heavy (non-hydrogen) atoms. The Balaban J connectivity index is 2.11. The molecule has 2 aromatic rings. The van der Waals surface area contributed by atoms with Crippen molar-refractivity contribution in [2.45, 2.75) is 26.8 Å². The van der Waals surface area contributed by atoms with Crippen LogP contribution in [0.2, 0.25) is 10.0 Å². The van der Waals surface area contributed by atoms with Gasteiger partial charge in [-0.2, -0.15) is 0 Å². The molecule has 0 saturated heterocycles. The predicted octanol–water partition coefficient (Wildman–Crippen LogP) is 3.78. The molecule has 0 saturated carbocycles. The van der Waals surface area contributed by atoms with Gasteiger partial charge in [-0.15, -0.1) is 0 Å². The van der Waals surface area contributed by atoms with Gasteiger partial charge in [0.05, 0.1) is 10.0 Å². The van der Waals surface area contributed by atoms with Crippen LogP contribution in [0.1, 0.15) is 30.0 Å². The zero-order chi connectivity index (χ0) is 17.9. The molecular formula is C16H17Cl2N3O3. The Kier molecular flexibility index (Phi) is 5.85. The Hall–Kier alpha value is -2.05. The van der Waals surface area contributed by atoms with Crippen molar-refractivity contribution in [2.75, 3.05) is 11.9 Å². The molecule has 1 aromatic carbocycles. The summed E-state index contributed by atoms with van der Waals surface area (Å²) in [5.74, 6) is 0.210. The zero-order valence-corrected chi connectivity index (χ0v) is 15.0. The molecule has 2 rings (SSSR count). The third-order valence-electron chi connectivity index (χ3n) is 3.26. The lowest BCUT2D eigenvalue weighted by molar-refractivity contribution is -0.117. The van der Waals surface area contributed by atoms with Gasteiger partial charge in [0, 0.05) is 17.7 Å². The molecule has 0 bridgehead atoms. The number of aromatic nitrogens is 1. The highest BCUT2D eigenvalue weighted by atomic mass is 35.5. The number of nitrogens with one attached hydrogen (secondary N) is 1. The minimum atomic E-state index is -0.370. The minimum Gasteiger partial charge on any atom is -0.360 e. The second kappa shape index (κ2) is 7.68. The lowest BCUT2D eigenvalue weighted by Crippen LogP contribution is -2.42. The number of carbonyl (C=O) groups excluding carboxylic acids is 2. The molecule has 0 aliphatic heterocycles. The first-order chi connectivity index (χ1) is 11.3. The lowest BCUT2D eigenvalue weighted by Gasteiger charge is -2.26. The monoisotopic (exact) mass is 369 g/mol. The summed E-state index contributed by atoms with van der Waals surface area (Å²) < 4.78 is 4.89. The van der Waals surface area contributed by atoms with Gasteiger partial charge in [0.15, 0.2) is 5.82 Å². The second-order valence-corrected chi connectivity index (χ2v) is 6.34. The van der Waals surface area contributed by atoms with E-state index in [1.807, 2.05) is 13.8 Å². The van der Waals surface area contributed by atoms with Crippen molar-refractivity contribution in [1.82, 2.24) is 10.1 Å². The summed E-state index contributed by atoms with van der Waals surface area (Å²) in [4.78, 5) is 26.2. The van der Waals surface area contributed by atoms with Crippen LogP contribution in [0, 0.1) is 6.92 Å². The summed E-state index contributed by atoms with van der Waals surface area (Å²) in [6.45, 7) is 5.24. The summed E-state index contributed by atoms with van der Waals surface area (Å²) >= 11 is 11.8. The number of anilines is 1. The summed E-state index contributed by atoms with van der Waals surface area (Å²) in [5.41, 5.74) is 0.364. The maximum atomic E-state index is 12.7. The van der Waals surface area contributed by atoms with Crippen molar-refractivity contribution in [3.8, 4) is 0 Å². The molecule has 0 atom stereocenters. The molecule has 1 heterocycles. The van der Waals surface area contributed by atoms with Crippen LogP contribution in [0.3, 0.4) is 0 Å². The van der Waals surface area contributed by atoms with Crippen LogP contribution in [0.5, 0.6) is 0 Å².